The van der Waals surface area contributed by atoms with Gasteiger partial charge >= 0.3 is 6.18 Å². The van der Waals surface area contributed by atoms with E-state index >= 15 is 0 Å². The Balaban J connectivity index is 1.79. The fourth-order valence-electron chi connectivity index (χ4n) is 3.48. The average Bonchev–Trinajstić information content (AvgIpc) is 3.30. The zero-order valence-electron chi connectivity index (χ0n) is 15.4. The minimum Gasteiger partial charge on any atom is -0.342 e. The highest BCUT2D eigenvalue weighted by Gasteiger charge is 2.37. The van der Waals surface area contributed by atoms with Crippen LogP contribution in [0.1, 0.15) is 40.4 Å². The number of imidazole rings is 1. The second-order valence-electron chi connectivity index (χ2n) is 6.84. The maximum Gasteiger partial charge on any atom is 0.417 e. The first kappa shape index (κ1) is 18.7. The molecule has 29 heavy (non-hydrogen) atoms. The van der Waals surface area contributed by atoms with Crippen molar-refractivity contribution in [3.8, 4) is 17.3 Å². The topological polar surface area (TPSA) is 90.6 Å². The minimum atomic E-state index is -4.65. The van der Waals surface area contributed by atoms with E-state index in [4.69, 9.17) is 5.26 Å². The lowest BCUT2D eigenvalue weighted by atomic mass is 10.0. The van der Waals surface area contributed by atoms with Crippen molar-refractivity contribution in [2.24, 2.45) is 0 Å². The number of nitrogens with zero attached hydrogens (tertiary/aromatic N) is 5. The number of halogens is 3. The third-order valence-electron chi connectivity index (χ3n) is 4.84. The second-order valence-corrected chi connectivity index (χ2v) is 6.84. The van der Waals surface area contributed by atoms with Gasteiger partial charge in [0.25, 0.3) is 5.91 Å². The van der Waals surface area contributed by atoms with E-state index in [1.807, 2.05) is 6.92 Å². The van der Waals surface area contributed by atoms with Crippen LogP contribution in [-0.2, 0) is 6.18 Å². The van der Waals surface area contributed by atoms with E-state index in [0.717, 1.165) is 12.1 Å². The molecule has 0 saturated carbocycles. The van der Waals surface area contributed by atoms with Crippen molar-refractivity contribution in [1.29, 1.82) is 5.26 Å². The van der Waals surface area contributed by atoms with Crippen LogP contribution in [0.25, 0.3) is 11.3 Å². The first-order valence-electron chi connectivity index (χ1n) is 8.73. The molecule has 1 aliphatic rings. The van der Waals surface area contributed by atoms with E-state index in [1.54, 1.807) is 30.1 Å². The zero-order valence-corrected chi connectivity index (χ0v) is 15.4. The number of benzene rings is 1. The largest absolute Gasteiger partial charge is 0.417 e. The number of aryl methyl sites for hydroxylation is 1. The summed E-state index contributed by atoms with van der Waals surface area (Å²) in [6.45, 7) is 3.85. The maximum absolute atomic E-state index is 13.2. The van der Waals surface area contributed by atoms with Crippen LogP contribution in [0, 0.1) is 18.3 Å². The van der Waals surface area contributed by atoms with E-state index in [9.17, 15) is 18.0 Å². The van der Waals surface area contributed by atoms with Crippen molar-refractivity contribution in [3.05, 3.63) is 53.2 Å². The second kappa shape index (κ2) is 6.48. The lowest BCUT2D eigenvalue weighted by Crippen LogP contribution is -2.43. The van der Waals surface area contributed by atoms with Crippen molar-refractivity contribution in [2.75, 3.05) is 11.4 Å². The van der Waals surface area contributed by atoms with Crippen LogP contribution in [0.15, 0.2) is 30.6 Å². The Morgan fingerprint density at radius 1 is 1.31 bits per heavy atom. The lowest BCUT2D eigenvalue weighted by Gasteiger charge is -2.32. The molecule has 1 aliphatic heterocycles. The third kappa shape index (κ3) is 3.04. The van der Waals surface area contributed by atoms with E-state index in [2.05, 4.69) is 15.1 Å². The Hall–Kier alpha value is -3.61. The average molecular weight is 400 g/mol. The number of alkyl halides is 3. The standard InChI is InChI=1S/C19H15F3N6O/c1-10-9-27(13-3-4-15(19(20,21)22)12(5-13)6-23)18(29)17-14(7-25-28(10)17)16-8-24-11(2)26-16/h3-5,7-8,10H,9H2,1-2H3,(H,24,26)/t10-/m0/s1. The summed E-state index contributed by atoms with van der Waals surface area (Å²) in [5.41, 5.74) is 0.158. The van der Waals surface area contributed by atoms with Gasteiger partial charge in [0, 0.05) is 12.2 Å². The quantitative estimate of drug-likeness (QED) is 0.710. The molecule has 0 spiro atoms. The van der Waals surface area contributed by atoms with Crippen LogP contribution < -0.4 is 4.90 Å². The number of carbonyl (C=O) groups is 1. The molecule has 2 aromatic heterocycles. The Morgan fingerprint density at radius 3 is 2.69 bits per heavy atom. The van der Waals surface area contributed by atoms with Gasteiger partial charge in [-0.2, -0.15) is 23.5 Å². The lowest BCUT2D eigenvalue weighted by molar-refractivity contribution is -0.137. The van der Waals surface area contributed by atoms with Gasteiger partial charge in [0.1, 0.15) is 11.5 Å². The molecule has 3 aromatic rings. The first-order valence-corrected chi connectivity index (χ1v) is 8.73. The van der Waals surface area contributed by atoms with Gasteiger partial charge in [0.2, 0.25) is 0 Å². The molecule has 0 unspecified atom stereocenters. The van der Waals surface area contributed by atoms with Crippen LogP contribution in [-0.4, -0.2) is 32.2 Å². The number of carbonyl (C=O) groups excluding carboxylic acids is 1. The van der Waals surface area contributed by atoms with Gasteiger partial charge in [-0.1, -0.05) is 0 Å². The Bertz CT molecular complexity index is 1150. The highest BCUT2D eigenvalue weighted by atomic mass is 19.4. The Kier molecular flexibility index (Phi) is 4.19. The zero-order chi connectivity index (χ0) is 20.9. The van der Waals surface area contributed by atoms with Crippen molar-refractivity contribution in [1.82, 2.24) is 19.7 Å². The molecule has 10 heteroatoms. The summed E-state index contributed by atoms with van der Waals surface area (Å²) < 4.78 is 40.9. The highest BCUT2D eigenvalue weighted by molar-refractivity contribution is 6.09. The fraction of sp³-hybridized carbons (Fsp3) is 0.263. The van der Waals surface area contributed by atoms with Crippen LogP contribution >= 0.6 is 0 Å². The predicted octanol–water partition coefficient (Wildman–Crippen LogP) is 3.69. The summed E-state index contributed by atoms with van der Waals surface area (Å²) in [7, 11) is 0. The number of hydrogen-bond acceptors (Lipinski definition) is 4. The number of aromatic amines is 1. The molecule has 0 fully saturated rings. The molecule has 1 N–H and O–H groups in total. The molecule has 1 atom stereocenters. The van der Waals surface area contributed by atoms with Gasteiger partial charge in [0.15, 0.2) is 0 Å². The summed E-state index contributed by atoms with van der Waals surface area (Å²) in [4.78, 5) is 21.8. The maximum atomic E-state index is 13.2. The summed E-state index contributed by atoms with van der Waals surface area (Å²) in [6, 6.07) is 4.49. The molecule has 1 aromatic carbocycles. The molecule has 1 amide bonds. The number of nitriles is 1. The number of rotatable bonds is 2. The van der Waals surface area contributed by atoms with Crippen LogP contribution in [0.3, 0.4) is 0 Å². The number of anilines is 1. The molecular formula is C19H15F3N6O. The monoisotopic (exact) mass is 400 g/mol. The van der Waals surface area contributed by atoms with Gasteiger partial charge in [-0.05, 0) is 32.0 Å². The van der Waals surface area contributed by atoms with Gasteiger partial charge < -0.3 is 9.88 Å². The SMILES string of the molecule is Cc1ncc(-c2cnn3c2C(=O)N(c2ccc(C(F)(F)F)c(C#N)c2)C[C@@H]3C)[nH]1. The van der Waals surface area contributed by atoms with Crippen molar-refractivity contribution < 1.29 is 18.0 Å². The van der Waals surface area contributed by atoms with Crippen LogP contribution in [0.4, 0.5) is 18.9 Å². The Labute approximate surface area is 163 Å². The van der Waals surface area contributed by atoms with Crippen molar-refractivity contribution in [2.45, 2.75) is 26.1 Å². The van der Waals surface area contributed by atoms with Gasteiger partial charge in [-0.25, -0.2) is 4.98 Å². The predicted molar refractivity (Wildman–Crippen MR) is 97.1 cm³/mol. The van der Waals surface area contributed by atoms with E-state index in [-0.39, 0.29) is 18.3 Å². The molecule has 0 bridgehead atoms. The fourth-order valence-corrected chi connectivity index (χ4v) is 3.48. The van der Waals surface area contributed by atoms with E-state index < -0.39 is 23.2 Å². The summed E-state index contributed by atoms with van der Waals surface area (Å²) >= 11 is 0. The molecule has 0 aliphatic carbocycles. The van der Waals surface area contributed by atoms with Crippen molar-refractivity contribution >= 4 is 11.6 Å². The smallest absolute Gasteiger partial charge is 0.342 e. The van der Waals surface area contributed by atoms with Gasteiger partial charge in [0.05, 0.1) is 46.9 Å². The minimum absolute atomic E-state index is 0.213. The van der Waals surface area contributed by atoms with Gasteiger partial charge in [-0.15, -0.1) is 0 Å². The summed E-state index contributed by atoms with van der Waals surface area (Å²) in [6.07, 6.45) is -1.49. The Morgan fingerprint density at radius 2 is 2.07 bits per heavy atom. The first-order chi connectivity index (χ1) is 13.7. The highest BCUT2D eigenvalue weighted by Crippen LogP contribution is 2.36. The number of H-pyrrole nitrogens is 1. The van der Waals surface area contributed by atoms with Crippen LogP contribution in [0.5, 0.6) is 0 Å². The number of hydrogen-bond donors (Lipinski definition) is 1. The molecule has 4 rings (SSSR count). The molecule has 0 saturated heterocycles. The van der Waals surface area contributed by atoms with Gasteiger partial charge in [-0.3, -0.25) is 9.48 Å². The van der Waals surface area contributed by atoms with E-state index in [1.165, 1.54) is 11.0 Å². The normalized spacial score (nSPS) is 16.6. The number of aromatic nitrogens is 4. The number of nitrogens with one attached hydrogen (secondary N) is 1. The molecule has 7 nitrogen and oxygen atoms in total. The molecule has 3 heterocycles. The van der Waals surface area contributed by atoms with E-state index in [0.29, 0.717) is 22.8 Å². The summed E-state index contributed by atoms with van der Waals surface area (Å²) in [5.74, 6) is 0.265. The molecule has 0 radical (unpaired) electrons. The van der Waals surface area contributed by atoms with Crippen LogP contribution in [0.2, 0.25) is 0 Å². The summed E-state index contributed by atoms with van der Waals surface area (Å²) in [5, 5.41) is 13.5. The molecule has 148 valence electrons. The number of amides is 1. The molecular weight excluding hydrogens is 385 g/mol. The van der Waals surface area contributed by atoms with Crippen molar-refractivity contribution in [3.63, 3.8) is 0 Å². The third-order valence-corrected chi connectivity index (χ3v) is 4.84. The number of fused-ring (bicyclic) bond motifs is 1.